The second-order valence-corrected chi connectivity index (χ2v) is 8.42. The minimum Gasteiger partial charge on any atom is -0.466 e. The molecule has 6 heteroatoms. The van der Waals surface area contributed by atoms with E-state index in [4.69, 9.17) is 9.84 Å². The summed E-state index contributed by atoms with van der Waals surface area (Å²) in [5.74, 6) is -1.70. The summed E-state index contributed by atoms with van der Waals surface area (Å²) in [6, 6.07) is 37.4. The lowest BCUT2D eigenvalue weighted by Crippen LogP contribution is -2.66. The number of carbonyl (C=O) groups excluding carboxylic acids is 2. The highest BCUT2D eigenvalue weighted by atomic mass is 16.5. The summed E-state index contributed by atoms with van der Waals surface area (Å²) in [5, 5.41) is 9.63. The molecule has 6 nitrogen and oxygen atoms in total. The van der Waals surface area contributed by atoms with Gasteiger partial charge in [-0.25, -0.2) is 9.80 Å². The fourth-order valence-electron chi connectivity index (χ4n) is 4.64. The lowest BCUT2D eigenvalue weighted by Gasteiger charge is -2.40. The van der Waals surface area contributed by atoms with Crippen LogP contribution in [0.25, 0.3) is 0 Å². The normalized spacial score (nSPS) is 18.9. The molecule has 1 aliphatic heterocycles. The van der Waals surface area contributed by atoms with Gasteiger partial charge in [0.15, 0.2) is 0 Å². The van der Waals surface area contributed by atoms with Crippen LogP contribution in [0, 0.1) is 0 Å². The Morgan fingerprint density at radius 2 is 1.31 bits per heavy atom. The van der Waals surface area contributed by atoms with Crippen molar-refractivity contribution in [2.45, 2.75) is 11.6 Å². The highest BCUT2D eigenvalue weighted by Crippen LogP contribution is 2.44. The summed E-state index contributed by atoms with van der Waals surface area (Å²) in [5.41, 5.74) is 1.68. The SMILES string of the molecule is COC(=O)[C@@]1(NC(=O)c2ccccc2)[C@H](c2ccccc2)C(c2ccccc2)=NN1c1ccccc1. The van der Waals surface area contributed by atoms with Gasteiger partial charge >= 0.3 is 5.97 Å². The van der Waals surface area contributed by atoms with Gasteiger partial charge in [-0.1, -0.05) is 97.1 Å². The lowest BCUT2D eigenvalue weighted by atomic mass is 9.80. The molecule has 0 unspecified atom stereocenters. The van der Waals surface area contributed by atoms with Crippen molar-refractivity contribution in [2.24, 2.45) is 5.10 Å². The molecule has 0 saturated carbocycles. The van der Waals surface area contributed by atoms with Gasteiger partial charge < -0.3 is 10.1 Å². The van der Waals surface area contributed by atoms with Crippen LogP contribution in [0.5, 0.6) is 0 Å². The maximum Gasteiger partial charge on any atom is 0.355 e. The molecule has 1 N–H and O–H groups in total. The molecule has 4 aromatic carbocycles. The number of nitrogens with one attached hydrogen (secondary N) is 1. The Labute approximate surface area is 209 Å². The van der Waals surface area contributed by atoms with Crippen LogP contribution in [-0.2, 0) is 9.53 Å². The Morgan fingerprint density at radius 1 is 0.778 bits per heavy atom. The summed E-state index contributed by atoms with van der Waals surface area (Å²) in [7, 11) is 1.32. The molecule has 1 heterocycles. The Kier molecular flexibility index (Phi) is 6.33. The Balaban J connectivity index is 1.77. The Bertz CT molecular complexity index is 1380. The van der Waals surface area contributed by atoms with Crippen molar-refractivity contribution in [3.05, 3.63) is 138 Å². The first kappa shape index (κ1) is 23.1. The van der Waals surface area contributed by atoms with Crippen LogP contribution in [0.1, 0.15) is 27.4 Å². The summed E-state index contributed by atoms with van der Waals surface area (Å²) in [4.78, 5) is 27.5. The second-order valence-electron chi connectivity index (χ2n) is 8.42. The minimum atomic E-state index is -1.68. The number of para-hydroxylation sites is 1. The predicted molar refractivity (Wildman–Crippen MR) is 140 cm³/mol. The van der Waals surface area contributed by atoms with E-state index >= 15 is 0 Å². The highest BCUT2D eigenvalue weighted by molar-refractivity contribution is 6.14. The summed E-state index contributed by atoms with van der Waals surface area (Å²) in [6.45, 7) is 0. The number of anilines is 1. The second kappa shape index (κ2) is 9.88. The third kappa shape index (κ3) is 4.03. The largest absolute Gasteiger partial charge is 0.466 e. The van der Waals surface area contributed by atoms with Crippen molar-refractivity contribution in [3.8, 4) is 0 Å². The summed E-state index contributed by atoms with van der Waals surface area (Å²) < 4.78 is 5.39. The van der Waals surface area contributed by atoms with E-state index in [0.717, 1.165) is 11.1 Å². The van der Waals surface area contributed by atoms with E-state index in [1.165, 1.54) is 7.11 Å². The smallest absolute Gasteiger partial charge is 0.355 e. The van der Waals surface area contributed by atoms with Crippen LogP contribution in [0.3, 0.4) is 0 Å². The molecule has 4 aromatic rings. The first-order valence-electron chi connectivity index (χ1n) is 11.7. The van der Waals surface area contributed by atoms with Gasteiger partial charge in [0.1, 0.15) is 0 Å². The number of ether oxygens (including phenoxy) is 1. The average Bonchev–Trinajstić information content (AvgIpc) is 3.30. The van der Waals surface area contributed by atoms with E-state index in [2.05, 4.69) is 5.32 Å². The van der Waals surface area contributed by atoms with Gasteiger partial charge in [0.2, 0.25) is 5.66 Å². The molecule has 1 amide bonds. The molecule has 0 aromatic heterocycles. The molecule has 36 heavy (non-hydrogen) atoms. The van der Waals surface area contributed by atoms with E-state index in [1.807, 2.05) is 97.1 Å². The zero-order chi connectivity index (χ0) is 25.0. The maximum atomic E-state index is 13.9. The van der Waals surface area contributed by atoms with E-state index < -0.39 is 23.5 Å². The Hall–Kier alpha value is -4.71. The third-order valence-electron chi connectivity index (χ3n) is 6.27. The van der Waals surface area contributed by atoms with Crippen molar-refractivity contribution >= 4 is 23.3 Å². The monoisotopic (exact) mass is 475 g/mol. The zero-order valence-electron chi connectivity index (χ0n) is 19.7. The summed E-state index contributed by atoms with van der Waals surface area (Å²) >= 11 is 0. The third-order valence-corrected chi connectivity index (χ3v) is 6.27. The van der Waals surface area contributed by atoms with Gasteiger partial charge in [-0.15, -0.1) is 0 Å². The number of esters is 1. The van der Waals surface area contributed by atoms with E-state index in [-0.39, 0.29) is 0 Å². The minimum absolute atomic E-state index is 0.410. The van der Waals surface area contributed by atoms with Crippen LogP contribution in [0.2, 0.25) is 0 Å². The highest BCUT2D eigenvalue weighted by Gasteiger charge is 2.60. The predicted octanol–water partition coefficient (Wildman–Crippen LogP) is 4.99. The number of amides is 1. The van der Waals surface area contributed by atoms with Crippen LogP contribution < -0.4 is 10.3 Å². The molecular formula is C30H25N3O3. The van der Waals surface area contributed by atoms with Crippen molar-refractivity contribution in [1.29, 1.82) is 0 Å². The fourth-order valence-corrected chi connectivity index (χ4v) is 4.64. The molecule has 5 rings (SSSR count). The van der Waals surface area contributed by atoms with Crippen molar-refractivity contribution in [2.75, 3.05) is 12.1 Å². The topological polar surface area (TPSA) is 71.0 Å². The number of hydrazone groups is 1. The average molecular weight is 476 g/mol. The molecule has 0 saturated heterocycles. The van der Waals surface area contributed by atoms with E-state index in [1.54, 1.807) is 29.3 Å². The van der Waals surface area contributed by atoms with Crippen molar-refractivity contribution < 1.29 is 14.3 Å². The van der Waals surface area contributed by atoms with E-state index in [9.17, 15) is 9.59 Å². The molecule has 0 bridgehead atoms. The standard InChI is InChI=1S/C30H25N3O3/c1-36-29(35)30(31-28(34)24-18-10-4-11-19-24)26(22-14-6-2-7-15-22)27(23-16-8-3-9-17-23)32-33(30)25-20-12-5-13-21-25/h2-21,26H,1H3,(H,31,34)/t26-,30-/m1/s1. The molecular weight excluding hydrogens is 450 g/mol. The van der Waals surface area contributed by atoms with Gasteiger partial charge in [0.05, 0.1) is 24.4 Å². The summed E-state index contributed by atoms with van der Waals surface area (Å²) in [6.07, 6.45) is 0. The zero-order valence-corrected chi connectivity index (χ0v) is 19.7. The van der Waals surface area contributed by atoms with Gasteiger partial charge in [0.25, 0.3) is 5.91 Å². The molecule has 178 valence electrons. The maximum absolute atomic E-state index is 13.9. The quantitative estimate of drug-likeness (QED) is 0.399. The first-order valence-corrected chi connectivity index (χ1v) is 11.7. The number of hydrogen-bond acceptors (Lipinski definition) is 5. The number of methoxy groups -OCH3 is 1. The number of nitrogens with zero attached hydrogens (tertiary/aromatic N) is 2. The fraction of sp³-hybridized carbons (Fsp3) is 0.100. The lowest BCUT2D eigenvalue weighted by molar-refractivity contribution is -0.148. The van der Waals surface area contributed by atoms with Crippen LogP contribution in [0.4, 0.5) is 5.69 Å². The molecule has 0 aliphatic carbocycles. The van der Waals surface area contributed by atoms with Crippen LogP contribution >= 0.6 is 0 Å². The molecule has 0 radical (unpaired) electrons. The van der Waals surface area contributed by atoms with Crippen molar-refractivity contribution in [1.82, 2.24) is 5.32 Å². The van der Waals surface area contributed by atoms with Crippen LogP contribution in [-0.4, -0.2) is 30.4 Å². The number of carbonyl (C=O) groups is 2. The molecule has 2 atom stereocenters. The molecule has 0 spiro atoms. The number of benzene rings is 4. The van der Waals surface area contributed by atoms with Gasteiger partial charge in [-0.2, -0.15) is 5.10 Å². The van der Waals surface area contributed by atoms with Gasteiger partial charge in [0, 0.05) is 5.56 Å². The van der Waals surface area contributed by atoms with Gasteiger partial charge in [-0.05, 0) is 35.4 Å². The molecule has 1 aliphatic rings. The van der Waals surface area contributed by atoms with E-state index in [0.29, 0.717) is 17.0 Å². The van der Waals surface area contributed by atoms with Crippen LogP contribution in [0.15, 0.2) is 126 Å². The Morgan fingerprint density at radius 3 is 1.89 bits per heavy atom. The van der Waals surface area contributed by atoms with Gasteiger partial charge in [-0.3, -0.25) is 4.79 Å². The first-order chi connectivity index (χ1) is 17.6. The molecule has 0 fully saturated rings. The van der Waals surface area contributed by atoms with Crippen molar-refractivity contribution in [3.63, 3.8) is 0 Å². The number of hydrogen-bond donors (Lipinski definition) is 1. The number of rotatable bonds is 6.